The number of benzene rings is 7. The van der Waals surface area contributed by atoms with E-state index < -0.39 is 128 Å². The van der Waals surface area contributed by atoms with Crippen LogP contribution in [0.4, 0.5) is 0 Å². The van der Waals surface area contributed by atoms with Gasteiger partial charge >= 0.3 is 5.97 Å². The summed E-state index contributed by atoms with van der Waals surface area (Å²) in [5.41, 5.74) is 6.57. The van der Waals surface area contributed by atoms with E-state index in [1.807, 2.05) is 247 Å². The number of ether oxygens (including phenoxy) is 15. The average molecular weight is 1290 g/mol. The van der Waals surface area contributed by atoms with Gasteiger partial charge in [0.25, 0.3) is 0 Å². The van der Waals surface area contributed by atoms with E-state index in [4.69, 9.17) is 71.1 Å². The minimum absolute atomic E-state index is 0.110. The van der Waals surface area contributed by atoms with E-state index in [0.717, 1.165) is 38.9 Å². The Morgan fingerprint density at radius 3 is 1.07 bits per heavy atom. The number of hydrogen-bond acceptors (Lipinski definition) is 17. The summed E-state index contributed by atoms with van der Waals surface area (Å²) in [5, 5.41) is 13.4. The molecule has 0 spiro atoms. The van der Waals surface area contributed by atoms with Gasteiger partial charge in [-0.2, -0.15) is 0 Å². The summed E-state index contributed by atoms with van der Waals surface area (Å²) in [6.07, 6.45) is -18.0. The highest BCUT2D eigenvalue weighted by molar-refractivity contribution is 5.66. The molecule has 17 nitrogen and oxygen atoms in total. The highest BCUT2D eigenvalue weighted by Gasteiger charge is 2.57. The third kappa shape index (κ3) is 18.5. The van der Waals surface area contributed by atoms with Crippen molar-refractivity contribution in [3.05, 3.63) is 251 Å². The third-order valence-electron chi connectivity index (χ3n) is 17.7. The van der Waals surface area contributed by atoms with Gasteiger partial charge in [-0.15, -0.1) is 0 Å². The summed E-state index contributed by atoms with van der Waals surface area (Å²) in [4.78, 5) is 13.1. The lowest BCUT2D eigenvalue weighted by Gasteiger charge is -2.51. The van der Waals surface area contributed by atoms with E-state index in [1.165, 1.54) is 6.92 Å². The molecule has 94 heavy (non-hydrogen) atoms. The summed E-state index contributed by atoms with van der Waals surface area (Å²) in [6, 6.07) is 69.1. The standard InChI is InChI=1S/C77H90O17/c1-50-65(81-43-57-30-16-8-17-31-57)70(85-47-61-38-24-12-25-39-61)63(49-80-42-56-28-14-7-15-29-56)91-75(50)92-71-64(79)76(88-52(3)66(71)82-44-58-32-18-9-19-33-58)94-74-72(86-48-62-40-26-13-27-41-62)67(83-45-59-34-20-10-21-35-59)53(4)89-77(74)93-73-68(84-46-60-36-22-11-23-37-60)51(2)87-54(5)69(73)90-55(6)78/h7-41,50-54,63-77,79H,42-49H2,1-6H3/t50?,51?,52?,53?,54-,63?,64-,65?,66+,67+,68+,69+,70-,71?,72?,73?,74-,75+,76-,77-/m0/s1. The second-order valence-corrected chi connectivity index (χ2v) is 24.8. The van der Waals surface area contributed by atoms with Gasteiger partial charge in [-0.3, -0.25) is 4.79 Å². The lowest BCUT2D eigenvalue weighted by molar-refractivity contribution is -0.396. The van der Waals surface area contributed by atoms with Crippen LogP contribution in [0.1, 0.15) is 80.5 Å². The second kappa shape index (κ2) is 34.4. The van der Waals surface area contributed by atoms with Gasteiger partial charge in [0.1, 0.15) is 61.0 Å². The minimum Gasteiger partial charge on any atom is -0.457 e. The summed E-state index contributed by atoms with van der Waals surface area (Å²) < 4.78 is 104. The molecule has 7 aromatic rings. The molecular formula is C77H90O17. The highest BCUT2D eigenvalue weighted by atomic mass is 16.8. The van der Waals surface area contributed by atoms with Crippen LogP contribution in [-0.2, 0) is 122 Å². The van der Waals surface area contributed by atoms with Gasteiger partial charge in [0.05, 0.1) is 83.4 Å². The fourth-order valence-electron chi connectivity index (χ4n) is 12.8. The van der Waals surface area contributed by atoms with E-state index in [9.17, 15) is 9.90 Å². The number of esters is 1. The van der Waals surface area contributed by atoms with Gasteiger partial charge < -0.3 is 76.2 Å². The number of aliphatic hydroxyl groups excluding tert-OH is 1. The third-order valence-corrected chi connectivity index (χ3v) is 17.7. The smallest absolute Gasteiger partial charge is 0.303 e. The van der Waals surface area contributed by atoms with E-state index >= 15 is 0 Å². The predicted molar refractivity (Wildman–Crippen MR) is 349 cm³/mol. The van der Waals surface area contributed by atoms with Crippen molar-refractivity contribution in [3.8, 4) is 0 Å². The lowest BCUT2D eigenvalue weighted by atomic mass is 9.91. The maximum absolute atomic E-state index is 13.4. The number of rotatable bonds is 29. The summed E-state index contributed by atoms with van der Waals surface area (Å²) in [5.74, 6) is -1.06. The van der Waals surface area contributed by atoms with Gasteiger partial charge in [-0.05, 0) is 66.6 Å². The molecule has 4 aliphatic rings. The van der Waals surface area contributed by atoms with Crippen molar-refractivity contribution in [2.24, 2.45) is 5.92 Å². The number of carbonyl (C=O) groups is 1. The Morgan fingerprint density at radius 1 is 0.330 bits per heavy atom. The Bertz CT molecular complexity index is 3290. The first-order chi connectivity index (χ1) is 45.9. The monoisotopic (exact) mass is 1290 g/mol. The normalized spacial score (nSPS) is 31.1. The van der Waals surface area contributed by atoms with Gasteiger partial charge in [0.15, 0.2) is 25.0 Å². The van der Waals surface area contributed by atoms with Crippen LogP contribution in [0.25, 0.3) is 0 Å². The molecule has 0 radical (unpaired) electrons. The zero-order valence-electron chi connectivity index (χ0n) is 54.4. The topological polar surface area (TPSA) is 176 Å². The van der Waals surface area contributed by atoms with Crippen molar-refractivity contribution >= 4 is 5.97 Å². The number of hydrogen-bond donors (Lipinski definition) is 1. The molecule has 0 aromatic heterocycles. The molecule has 4 saturated heterocycles. The van der Waals surface area contributed by atoms with Gasteiger partial charge in [0.2, 0.25) is 0 Å². The van der Waals surface area contributed by atoms with Crippen LogP contribution < -0.4 is 0 Å². The Morgan fingerprint density at radius 2 is 0.649 bits per heavy atom. The Kier molecular flexibility index (Phi) is 25.2. The molecular weight excluding hydrogens is 1200 g/mol. The summed E-state index contributed by atoms with van der Waals surface area (Å²) in [7, 11) is 0. The lowest BCUT2D eigenvalue weighted by Crippen LogP contribution is -2.67. The fraction of sp³-hybridized carbons (Fsp3) is 0.442. The maximum atomic E-state index is 13.4. The zero-order chi connectivity index (χ0) is 65.2. The largest absolute Gasteiger partial charge is 0.457 e. The molecule has 0 aliphatic carbocycles. The Labute approximate surface area is 552 Å². The molecule has 17 heteroatoms. The quantitative estimate of drug-likeness (QED) is 0.0438. The molecule has 0 amide bonds. The van der Waals surface area contributed by atoms with E-state index in [-0.39, 0.29) is 46.2 Å². The molecule has 4 fully saturated rings. The first-order valence-electron chi connectivity index (χ1n) is 32.9. The highest BCUT2D eigenvalue weighted by Crippen LogP contribution is 2.40. The maximum Gasteiger partial charge on any atom is 0.303 e. The molecule has 9 unspecified atom stereocenters. The zero-order valence-corrected chi connectivity index (χ0v) is 54.4. The van der Waals surface area contributed by atoms with Crippen LogP contribution >= 0.6 is 0 Å². The fourth-order valence-corrected chi connectivity index (χ4v) is 12.8. The molecule has 1 N–H and O–H groups in total. The molecule has 11 rings (SSSR count). The molecule has 500 valence electrons. The van der Waals surface area contributed by atoms with E-state index in [2.05, 4.69) is 0 Å². The SMILES string of the molecule is CC(=O)O[C@H]1C(O[C@@H]2OC(C)[C@@H](OCc3ccccc3)C(OCc3ccccc3)[C@@H]2O[C@@H]2OC(C)[C@@H](OCc3ccccc3)C(O[C@H]3OC(COCc4ccccc4)[C@H](OCc4ccccc4)C(OCc4ccccc4)C3C)[C@@H]2O)[C@H](OCc2ccccc2)C(C)O[C@H]1C. The van der Waals surface area contributed by atoms with Crippen molar-refractivity contribution in [2.75, 3.05) is 6.61 Å². The van der Waals surface area contributed by atoms with Crippen molar-refractivity contribution < 1.29 is 81.0 Å². The minimum atomic E-state index is -1.59. The first-order valence-corrected chi connectivity index (χ1v) is 32.9. The second-order valence-electron chi connectivity index (χ2n) is 24.8. The van der Waals surface area contributed by atoms with Crippen LogP contribution in [0.15, 0.2) is 212 Å². The van der Waals surface area contributed by atoms with Crippen molar-refractivity contribution in [3.63, 3.8) is 0 Å². The molecule has 4 heterocycles. The van der Waals surface area contributed by atoms with Crippen LogP contribution in [0, 0.1) is 5.92 Å². The molecule has 7 aromatic carbocycles. The summed E-state index contributed by atoms with van der Waals surface area (Å²) in [6.45, 7) is 12.5. The predicted octanol–water partition coefficient (Wildman–Crippen LogP) is 11.8. The molecule has 20 atom stereocenters. The number of aliphatic hydroxyl groups is 1. The van der Waals surface area contributed by atoms with Crippen LogP contribution in [0.5, 0.6) is 0 Å². The van der Waals surface area contributed by atoms with E-state index in [1.54, 1.807) is 0 Å². The van der Waals surface area contributed by atoms with Crippen molar-refractivity contribution in [1.82, 2.24) is 0 Å². The Balaban J connectivity index is 0.959. The van der Waals surface area contributed by atoms with Gasteiger partial charge in [-0.25, -0.2) is 0 Å². The van der Waals surface area contributed by atoms with Gasteiger partial charge in [0, 0.05) is 12.8 Å². The van der Waals surface area contributed by atoms with Crippen molar-refractivity contribution in [1.29, 1.82) is 0 Å². The molecule has 0 bridgehead atoms. The molecule has 4 aliphatic heterocycles. The van der Waals surface area contributed by atoms with Crippen molar-refractivity contribution in [2.45, 2.75) is 204 Å². The summed E-state index contributed by atoms with van der Waals surface area (Å²) >= 11 is 0. The molecule has 0 saturated carbocycles. The Hall–Kier alpha value is -6.59. The average Bonchev–Trinajstić information content (AvgIpc) is 0.801. The van der Waals surface area contributed by atoms with Crippen LogP contribution in [0.3, 0.4) is 0 Å². The van der Waals surface area contributed by atoms with Gasteiger partial charge in [-0.1, -0.05) is 219 Å². The van der Waals surface area contributed by atoms with Crippen LogP contribution in [0.2, 0.25) is 0 Å². The first kappa shape index (κ1) is 68.8. The van der Waals surface area contributed by atoms with Crippen LogP contribution in [-0.4, -0.2) is 134 Å². The van der Waals surface area contributed by atoms with E-state index in [0.29, 0.717) is 6.61 Å². The number of carbonyl (C=O) groups excluding carboxylic acids is 1.